The molecule has 14 unspecified atom stereocenters. The molecule has 0 saturated heterocycles. The first-order chi connectivity index (χ1) is 55.1. The maximum Gasteiger partial charge on any atom is 0.309 e. The molecule has 0 spiro atoms. The molecular formula is C81H149NO32. The SMILES string of the molecule is Cc1cccc(N(CCOCC(C)OCC(C)OCC(C)OCC(C)OCC(C)OCC(C)OCC(C)OCCOCCOCCOCCOCCOC(=O)CCOC=O)CCOCC(C)OCC(C)OCC(C)OCC(C)OCC(C)OCC(C)OCC(C)OCCOCCOCCOCCOCCOC(=O)CCOC=O)c1. The van der Waals surface area contributed by atoms with Crippen molar-refractivity contribution >= 4 is 30.6 Å². The van der Waals surface area contributed by atoms with Crippen LogP contribution in [0.4, 0.5) is 5.69 Å². The van der Waals surface area contributed by atoms with Gasteiger partial charge in [0.2, 0.25) is 0 Å². The Kier molecular flexibility index (Phi) is 72.3. The summed E-state index contributed by atoms with van der Waals surface area (Å²) in [5.41, 5.74) is 2.29. The third-order valence-corrected chi connectivity index (χ3v) is 15.9. The minimum atomic E-state index is -0.453. The van der Waals surface area contributed by atoms with Crippen LogP contribution in [0.5, 0.6) is 0 Å². The molecule has 0 aromatic heterocycles. The highest BCUT2D eigenvalue weighted by Gasteiger charge is 2.19. The Hall–Kier alpha value is -4.06. The molecule has 0 saturated carbocycles. The molecule has 0 aliphatic rings. The van der Waals surface area contributed by atoms with Crippen LogP contribution in [-0.2, 0) is 152 Å². The first kappa shape index (κ1) is 108. The quantitative estimate of drug-likeness (QED) is 0.0278. The number of hydrogen-bond donors (Lipinski definition) is 0. The molecular weight excluding hydrogens is 1500 g/mol. The summed E-state index contributed by atoms with van der Waals surface area (Å²) in [6, 6.07) is 8.44. The summed E-state index contributed by atoms with van der Waals surface area (Å²) in [5.74, 6) is -0.907. The van der Waals surface area contributed by atoms with Crippen LogP contribution in [0, 0.1) is 6.92 Å². The van der Waals surface area contributed by atoms with Gasteiger partial charge in [-0.2, -0.15) is 0 Å². The van der Waals surface area contributed by atoms with Crippen molar-refractivity contribution in [1.82, 2.24) is 0 Å². The number of hydrogen-bond acceptors (Lipinski definition) is 33. The third kappa shape index (κ3) is 70.9. The van der Waals surface area contributed by atoms with Crippen LogP contribution in [0.3, 0.4) is 0 Å². The molecule has 670 valence electrons. The van der Waals surface area contributed by atoms with Gasteiger partial charge in [0.05, 0.1) is 323 Å². The van der Waals surface area contributed by atoms with Gasteiger partial charge in [-0.1, -0.05) is 12.1 Å². The second kappa shape index (κ2) is 76.3. The number of anilines is 1. The van der Waals surface area contributed by atoms with Crippen molar-refractivity contribution in [3.63, 3.8) is 0 Å². The van der Waals surface area contributed by atoms with Gasteiger partial charge < -0.3 is 138 Å². The third-order valence-electron chi connectivity index (χ3n) is 15.9. The van der Waals surface area contributed by atoms with Crippen molar-refractivity contribution in [3.05, 3.63) is 29.8 Å². The van der Waals surface area contributed by atoms with E-state index >= 15 is 0 Å². The zero-order valence-electron chi connectivity index (χ0n) is 71.8. The van der Waals surface area contributed by atoms with E-state index in [2.05, 4.69) is 45.6 Å². The lowest BCUT2D eigenvalue weighted by Crippen LogP contribution is -2.33. The van der Waals surface area contributed by atoms with Gasteiger partial charge in [0.1, 0.15) is 26.4 Å². The van der Waals surface area contributed by atoms with E-state index in [1.165, 1.54) is 5.56 Å². The van der Waals surface area contributed by atoms with Crippen molar-refractivity contribution in [3.8, 4) is 0 Å². The molecule has 1 rings (SSSR count). The zero-order valence-corrected chi connectivity index (χ0v) is 71.8. The van der Waals surface area contributed by atoms with Crippen molar-refractivity contribution in [2.24, 2.45) is 0 Å². The Morgan fingerprint density at radius 3 is 0.728 bits per heavy atom. The molecule has 0 heterocycles. The summed E-state index contributed by atoms with van der Waals surface area (Å²) < 4.78 is 159. The van der Waals surface area contributed by atoms with Crippen molar-refractivity contribution in [2.75, 3.05) is 269 Å². The average molecular weight is 1650 g/mol. The van der Waals surface area contributed by atoms with Gasteiger partial charge in [-0.3, -0.25) is 19.2 Å². The normalized spacial score (nSPS) is 15.5. The number of carbonyl (C=O) groups excluding carboxylic acids is 4. The number of esters is 2. The monoisotopic (exact) mass is 1650 g/mol. The van der Waals surface area contributed by atoms with E-state index in [9.17, 15) is 19.2 Å². The van der Waals surface area contributed by atoms with E-state index in [0.717, 1.165) is 5.69 Å². The fourth-order valence-electron chi connectivity index (χ4n) is 9.41. The van der Waals surface area contributed by atoms with E-state index in [4.69, 9.17) is 123 Å². The first-order valence-electron chi connectivity index (χ1n) is 40.7. The lowest BCUT2D eigenvalue weighted by Gasteiger charge is -2.26. The van der Waals surface area contributed by atoms with Crippen LogP contribution >= 0.6 is 0 Å². The second-order valence-corrected chi connectivity index (χ2v) is 27.8. The van der Waals surface area contributed by atoms with Crippen LogP contribution in [0.25, 0.3) is 0 Å². The van der Waals surface area contributed by atoms with Crippen molar-refractivity contribution in [2.45, 2.75) is 202 Å². The van der Waals surface area contributed by atoms with Gasteiger partial charge in [0.15, 0.2) is 0 Å². The summed E-state index contributed by atoms with van der Waals surface area (Å²) in [6.45, 7) is 46.1. The highest BCUT2D eigenvalue weighted by Crippen LogP contribution is 2.17. The summed E-state index contributed by atoms with van der Waals surface area (Å²) >= 11 is 0. The molecule has 114 heavy (non-hydrogen) atoms. The summed E-state index contributed by atoms with van der Waals surface area (Å²) in [5, 5.41) is 0. The summed E-state index contributed by atoms with van der Waals surface area (Å²) in [4.78, 5) is 45.2. The van der Waals surface area contributed by atoms with Crippen LogP contribution in [0.1, 0.15) is 115 Å². The average Bonchev–Trinajstić information content (AvgIpc) is 0.878. The maximum atomic E-state index is 11.4. The van der Waals surface area contributed by atoms with Gasteiger partial charge in [0, 0.05) is 18.8 Å². The molecule has 33 nitrogen and oxygen atoms in total. The van der Waals surface area contributed by atoms with Crippen LogP contribution in [0.15, 0.2) is 24.3 Å². The van der Waals surface area contributed by atoms with E-state index in [1.807, 2.05) is 96.9 Å². The van der Waals surface area contributed by atoms with E-state index in [0.29, 0.717) is 225 Å². The fraction of sp³-hybridized carbons (Fsp3) is 0.877. The number of carbonyl (C=O) groups is 4. The Bertz CT molecular complexity index is 2200. The van der Waals surface area contributed by atoms with Crippen LogP contribution in [-0.4, -0.2) is 374 Å². The van der Waals surface area contributed by atoms with Gasteiger partial charge in [-0.15, -0.1) is 0 Å². The summed E-state index contributed by atoms with van der Waals surface area (Å²) in [7, 11) is 0. The fourth-order valence-corrected chi connectivity index (χ4v) is 9.41. The Morgan fingerprint density at radius 1 is 0.272 bits per heavy atom. The number of aryl methyl sites for hydroxylation is 1. The standard InChI is InChI=1S/C81H149NO32/c1-64-17-16-18-79(47-64)82(21-25-95-48-65(2)103-52-69(6)107-56-73(10)111-60-77(14)113-58-75(12)109-54-71(8)105-50-67(4)99-43-39-91-35-31-87-27-29-89-33-37-93-41-45-101-80(85)19-23-97-62-83)22-26-96-49-66(3)104-53-70(7)108-57-74(11)112-61-78(15)114-59-76(13)110-55-72(9)106-51-68(5)100-44-40-92-36-32-88-28-30-90-34-38-94-42-46-102-81(86)20-24-98-63-84/h16-18,47,62-63,65-78H,19-46,48-61H2,1-15H3. The Labute approximate surface area is 680 Å². The molecule has 0 radical (unpaired) electrons. The van der Waals surface area contributed by atoms with Crippen LogP contribution < -0.4 is 4.90 Å². The molecule has 1 aromatic rings. The Balaban J connectivity index is 2.10. The minimum absolute atomic E-state index is 0.00297. The largest absolute Gasteiger partial charge is 0.467 e. The number of ether oxygens (including phenoxy) is 28. The minimum Gasteiger partial charge on any atom is -0.467 e. The number of benzene rings is 1. The molecule has 1 aromatic carbocycles. The molecule has 0 amide bonds. The molecule has 0 fully saturated rings. The Morgan fingerprint density at radius 2 is 0.491 bits per heavy atom. The molecule has 0 bridgehead atoms. The lowest BCUT2D eigenvalue weighted by molar-refractivity contribution is -0.148. The number of rotatable bonds is 87. The molecule has 33 heteroatoms. The van der Waals surface area contributed by atoms with Crippen molar-refractivity contribution in [1.29, 1.82) is 0 Å². The molecule has 0 aliphatic heterocycles. The molecule has 14 atom stereocenters. The van der Waals surface area contributed by atoms with Crippen LogP contribution in [0.2, 0.25) is 0 Å². The topological polar surface area (TPSA) is 330 Å². The zero-order chi connectivity index (χ0) is 83.7. The number of nitrogens with zero attached hydrogens (tertiary/aromatic N) is 1. The predicted molar refractivity (Wildman–Crippen MR) is 423 cm³/mol. The predicted octanol–water partition coefficient (Wildman–Crippen LogP) is 6.85. The van der Waals surface area contributed by atoms with Gasteiger partial charge in [0.25, 0.3) is 12.9 Å². The van der Waals surface area contributed by atoms with Gasteiger partial charge in [-0.25, -0.2) is 0 Å². The smallest absolute Gasteiger partial charge is 0.309 e. The first-order valence-corrected chi connectivity index (χ1v) is 40.7. The maximum absolute atomic E-state index is 11.4. The second-order valence-electron chi connectivity index (χ2n) is 27.8. The lowest BCUT2D eigenvalue weighted by atomic mass is 10.2. The van der Waals surface area contributed by atoms with E-state index in [-0.39, 0.29) is 151 Å². The highest BCUT2D eigenvalue weighted by molar-refractivity contribution is 5.70. The highest BCUT2D eigenvalue weighted by atomic mass is 16.6. The molecule has 0 N–H and O–H groups in total. The summed E-state index contributed by atoms with van der Waals surface area (Å²) in [6.07, 6.45) is -1.78. The van der Waals surface area contributed by atoms with Gasteiger partial charge in [-0.05, 0) is 122 Å². The van der Waals surface area contributed by atoms with E-state index in [1.54, 1.807) is 0 Å². The van der Waals surface area contributed by atoms with Gasteiger partial charge >= 0.3 is 11.9 Å². The van der Waals surface area contributed by atoms with Crippen molar-refractivity contribution < 1.29 is 152 Å². The molecule has 0 aliphatic carbocycles. The van der Waals surface area contributed by atoms with E-state index < -0.39 is 11.9 Å².